The van der Waals surface area contributed by atoms with Crippen LogP contribution >= 0.6 is 0 Å². The van der Waals surface area contributed by atoms with Crippen LogP contribution < -0.4 is 5.32 Å². The first-order valence-electron chi connectivity index (χ1n) is 7.20. The van der Waals surface area contributed by atoms with E-state index < -0.39 is 0 Å². The standard InChI is InChI=1S/C15H19N3O3/c1-10(2)16-15(19)18(12-5-6-12)9-11-8-14(21-17-11)13-4-3-7-20-13/h3-4,7-8,10,12H,5-6,9H2,1-2H3,(H,16,19). The Hall–Kier alpha value is -2.24. The molecule has 0 spiro atoms. The molecule has 2 amide bonds. The molecule has 2 aromatic heterocycles. The van der Waals surface area contributed by atoms with Gasteiger partial charge < -0.3 is 19.2 Å². The second-order valence-electron chi connectivity index (χ2n) is 5.62. The van der Waals surface area contributed by atoms with E-state index in [9.17, 15) is 4.79 Å². The minimum atomic E-state index is -0.0463. The molecule has 0 bridgehead atoms. The van der Waals surface area contributed by atoms with Crippen molar-refractivity contribution in [3.05, 3.63) is 30.2 Å². The lowest BCUT2D eigenvalue weighted by molar-refractivity contribution is 0.188. The van der Waals surface area contributed by atoms with Crippen molar-refractivity contribution < 1.29 is 13.7 Å². The molecule has 6 nitrogen and oxygen atoms in total. The highest BCUT2D eigenvalue weighted by Gasteiger charge is 2.33. The van der Waals surface area contributed by atoms with E-state index in [4.69, 9.17) is 8.94 Å². The van der Waals surface area contributed by atoms with E-state index in [1.807, 2.05) is 30.9 Å². The molecule has 1 N–H and O–H groups in total. The van der Waals surface area contributed by atoms with E-state index in [0.717, 1.165) is 18.5 Å². The maximum atomic E-state index is 12.2. The quantitative estimate of drug-likeness (QED) is 0.918. The van der Waals surface area contributed by atoms with Crippen molar-refractivity contribution >= 4 is 6.03 Å². The minimum Gasteiger partial charge on any atom is -0.461 e. The molecule has 0 saturated heterocycles. The lowest BCUT2D eigenvalue weighted by Crippen LogP contribution is -2.43. The third kappa shape index (κ3) is 3.26. The van der Waals surface area contributed by atoms with Gasteiger partial charge in [-0.15, -0.1) is 0 Å². The third-order valence-electron chi connectivity index (χ3n) is 3.32. The number of furan rings is 1. The molecule has 0 aliphatic heterocycles. The summed E-state index contributed by atoms with van der Waals surface area (Å²) in [6, 6.07) is 5.81. The summed E-state index contributed by atoms with van der Waals surface area (Å²) < 4.78 is 10.5. The Balaban J connectivity index is 1.70. The minimum absolute atomic E-state index is 0.0463. The third-order valence-corrected chi connectivity index (χ3v) is 3.32. The molecule has 21 heavy (non-hydrogen) atoms. The average molecular weight is 289 g/mol. The fourth-order valence-corrected chi connectivity index (χ4v) is 2.18. The highest BCUT2D eigenvalue weighted by Crippen LogP contribution is 2.29. The van der Waals surface area contributed by atoms with Crippen LogP contribution in [-0.4, -0.2) is 28.2 Å². The number of amides is 2. The summed E-state index contributed by atoms with van der Waals surface area (Å²) in [5.41, 5.74) is 0.729. The largest absolute Gasteiger partial charge is 0.461 e. The number of urea groups is 1. The van der Waals surface area contributed by atoms with Crippen LogP contribution in [0.15, 0.2) is 33.4 Å². The van der Waals surface area contributed by atoms with Crippen LogP contribution in [-0.2, 0) is 6.54 Å². The molecule has 0 atom stereocenters. The fourth-order valence-electron chi connectivity index (χ4n) is 2.18. The number of rotatable bonds is 5. The van der Waals surface area contributed by atoms with Crippen LogP contribution in [0, 0.1) is 0 Å². The van der Waals surface area contributed by atoms with Gasteiger partial charge in [0.2, 0.25) is 5.76 Å². The molecule has 6 heteroatoms. The van der Waals surface area contributed by atoms with Gasteiger partial charge in [0, 0.05) is 18.2 Å². The highest BCUT2D eigenvalue weighted by molar-refractivity contribution is 5.75. The SMILES string of the molecule is CC(C)NC(=O)N(Cc1cc(-c2ccco2)on1)C1CC1. The van der Waals surface area contributed by atoms with Crippen molar-refractivity contribution in [2.75, 3.05) is 0 Å². The Morgan fingerprint density at radius 3 is 2.90 bits per heavy atom. The Labute approximate surface area is 123 Å². The van der Waals surface area contributed by atoms with Crippen molar-refractivity contribution in [2.24, 2.45) is 0 Å². The van der Waals surface area contributed by atoms with Crippen LogP contribution in [0.1, 0.15) is 32.4 Å². The fraction of sp³-hybridized carbons (Fsp3) is 0.467. The zero-order valence-electron chi connectivity index (χ0n) is 12.2. The van der Waals surface area contributed by atoms with Gasteiger partial charge in [0.25, 0.3) is 0 Å². The molecular formula is C15H19N3O3. The van der Waals surface area contributed by atoms with E-state index in [-0.39, 0.29) is 12.1 Å². The Kier molecular flexibility index (Phi) is 3.68. The molecule has 0 unspecified atom stereocenters. The van der Waals surface area contributed by atoms with E-state index in [2.05, 4.69) is 10.5 Å². The first-order valence-corrected chi connectivity index (χ1v) is 7.20. The zero-order chi connectivity index (χ0) is 14.8. The maximum Gasteiger partial charge on any atom is 0.318 e. The molecule has 1 aliphatic rings. The van der Waals surface area contributed by atoms with Crippen molar-refractivity contribution in [3.63, 3.8) is 0 Å². The van der Waals surface area contributed by atoms with Gasteiger partial charge in [-0.1, -0.05) is 5.16 Å². The van der Waals surface area contributed by atoms with Crippen LogP contribution in [0.5, 0.6) is 0 Å². The summed E-state index contributed by atoms with van der Waals surface area (Å²) >= 11 is 0. The van der Waals surface area contributed by atoms with E-state index in [0.29, 0.717) is 24.1 Å². The Morgan fingerprint density at radius 1 is 1.48 bits per heavy atom. The van der Waals surface area contributed by atoms with Gasteiger partial charge in [-0.2, -0.15) is 0 Å². The first kappa shape index (κ1) is 13.7. The summed E-state index contributed by atoms with van der Waals surface area (Å²) in [5.74, 6) is 1.22. The van der Waals surface area contributed by atoms with Crippen LogP contribution in [0.25, 0.3) is 11.5 Å². The molecule has 1 fully saturated rings. The van der Waals surface area contributed by atoms with Crippen LogP contribution in [0.4, 0.5) is 4.79 Å². The van der Waals surface area contributed by atoms with Crippen molar-refractivity contribution in [1.29, 1.82) is 0 Å². The smallest absolute Gasteiger partial charge is 0.318 e. The molecule has 1 saturated carbocycles. The summed E-state index contributed by atoms with van der Waals surface area (Å²) in [6.07, 6.45) is 3.69. The van der Waals surface area contributed by atoms with Gasteiger partial charge >= 0.3 is 6.03 Å². The predicted molar refractivity (Wildman–Crippen MR) is 76.4 cm³/mol. The van der Waals surface area contributed by atoms with Crippen molar-refractivity contribution in [2.45, 2.75) is 45.3 Å². The van der Waals surface area contributed by atoms with E-state index >= 15 is 0 Å². The van der Waals surface area contributed by atoms with Crippen LogP contribution in [0.3, 0.4) is 0 Å². The predicted octanol–water partition coefficient (Wildman–Crippen LogP) is 3.02. The number of carbonyl (C=O) groups is 1. The normalized spacial score (nSPS) is 14.4. The first-order chi connectivity index (χ1) is 10.1. The van der Waals surface area contributed by atoms with Gasteiger partial charge in [0.15, 0.2) is 5.76 Å². The summed E-state index contributed by atoms with van der Waals surface area (Å²) in [6.45, 7) is 4.36. The number of nitrogens with zero attached hydrogens (tertiary/aromatic N) is 2. The molecule has 1 aliphatic carbocycles. The molecule has 112 valence electrons. The van der Waals surface area contributed by atoms with Gasteiger partial charge in [0.1, 0.15) is 5.69 Å². The zero-order valence-corrected chi connectivity index (χ0v) is 12.2. The van der Waals surface area contributed by atoms with Gasteiger partial charge in [-0.3, -0.25) is 0 Å². The van der Waals surface area contributed by atoms with Gasteiger partial charge in [-0.05, 0) is 38.8 Å². The Bertz CT molecular complexity index is 599. The maximum absolute atomic E-state index is 12.2. The second-order valence-corrected chi connectivity index (χ2v) is 5.62. The number of hydrogen-bond acceptors (Lipinski definition) is 4. The monoisotopic (exact) mass is 289 g/mol. The van der Waals surface area contributed by atoms with Crippen LogP contribution in [0.2, 0.25) is 0 Å². The number of carbonyl (C=O) groups excluding carboxylic acids is 1. The molecule has 3 rings (SSSR count). The number of aromatic nitrogens is 1. The summed E-state index contributed by atoms with van der Waals surface area (Å²) in [5, 5.41) is 6.96. The Morgan fingerprint density at radius 2 is 2.29 bits per heavy atom. The molecule has 0 radical (unpaired) electrons. The van der Waals surface area contributed by atoms with Gasteiger partial charge in [0.05, 0.1) is 12.8 Å². The second kappa shape index (κ2) is 5.63. The molecule has 0 aromatic carbocycles. The highest BCUT2D eigenvalue weighted by atomic mass is 16.5. The average Bonchev–Trinajstić information content (AvgIpc) is 2.94. The molecule has 2 heterocycles. The number of nitrogens with one attached hydrogen (secondary N) is 1. The van der Waals surface area contributed by atoms with E-state index in [1.165, 1.54) is 0 Å². The number of hydrogen-bond donors (Lipinski definition) is 1. The summed E-state index contributed by atoms with van der Waals surface area (Å²) in [7, 11) is 0. The van der Waals surface area contributed by atoms with E-state index in [1.54, 1.807) is 12.3 Å². The summed E-state index contributed by atoms with van der Waals surface area (Å²) in [4.78, 5) is 14.0. The lowest BCUT2D eigenvalue weighted by atomic mass is 10.3. The topological polar surface area (TPSA) is 71.5 Å². The lowest BCUT2D eigenvalue weighted by Gasteiger charge is -2.23. The van der Waals surface area contributed by atoms with Gasteiger partial charge in [-0.25, -0.2) is 4.79 Å². The molecular weight excluding hydrogens is 270 g/mol. The van der Waals surface area contributed by atoms with Crippen molar-refractivity contribution in [3.8, 4) is 11.5 Å². The molecule has 2 aromatic rings. The van der Waals surface area contributed by atoms with Crippen molar-refractivity contribution in [1.82, 2.24) is 15.4 Å².